The summed E-state index contributed by atoms with van der Waals surface area (Å²) in [5.74, 6) is 1.96. The Bertz CT molecular complexity index is 949. The first-order valence-corrected chi connectivity index (χ1v) is 9.77. The van der Waals surface area contributed by atoms with E-state index >= 15 is 0 Å². The molecule has 0 atom stereocenters. The Morgan fingerprint density at radius 2 is 1.93 bits per heavy atom. The van der Waals surface area contributed by atoms with Crippen molar-refractivity contribution in [3.63, 3.8) is 0 Å². The lowest BCUT2D eigenvalue weighted by molar-refractivity contribution is -0.116. The molecule has 1 aliphatic heterocycles. The van der Waals surface area contributed by atoms with Gasteiger partial charge in [0.15, 0.2) is 11.7 Å². The highest BCUT2D eigenvalue weighted by atomic mass is 35.5. The average molecular weight is 397 g/mol. The van der Waals surface area contributed by atoms with E-state index < -0.39 is 0 Å². The second kappa shape index (κ2) is 8.44. The fraction of sp³-hybridized carbons (Fsp3) is 0.286. The van der Waals surface area contributed by atoms with E-state index in [9.17, 15) is 4.79 Å². The van der Waals surface area contributed by atoms with Gasteiger partial charge in [-0.25, -0.2) is 9.97 Å². The summed E-state index contributed by atoms with van der Waals surface area (Å²) < 4.78 is 5.73. The van der Waals surface area contributed by atoms with E-state index in [-0.39, 0.29) is 12.3 Å². The van der Waals surface area contributed by atoms with Crippen LogP contribution in [0.15, 0.2) is 53.2 Å². The van der Waals surface area contributed by atoms with Gasteiger partial charge in [0.25, 0.3) is 0 Å². The predicted octanol–water partition coefficient (Wildman–Crippen LogP) is 4.56. The molecule has 0 radical (unpaired) electrons. The summed E-state index contributed by atoms with van der Waals surface area (Å²) in [7, 11) is 0. The van der Waals surface area contributed by atoms with E-state index in [1.54, 1.807) is 18.5 Å². The normalized spacial score (nSPS) is 13.7. The van der Waals surface area contributed by atoms with Crippen LogP contribution in [0.4, 0.5) is 11.5 Å². The number of benzene rings is 1. The molecule has 3 aromatic rings. The zero-order chi connectivity index (χ0) is 19.3. The number of aryl methyl sites for hydroxylation is 1. The Morgan fingerprint density at radius 1 is 1.11 bits per heavy atom. The Kier molecular flexibility index (Phi) is 5.58. The summed E-state index contributed by atoms with van der Waals surface area (Å²) in [6, 6.07) is 11.3. The number of oxazole rings is 1. The van der Waals surface area contributed by atoms with Crippen molar-refractivity contribution in [2.24, 2.45) is 0 Å². The Labute approximate surface area is 168 Å². The van der Waals surface area contributed by atoms with Crippen LogP contribution < -0.4 is 10.2 Å². The highest BCUT2D eigenvalue weighted by Gasteiger charge is 2.14. The van der Waals surface area contributed by atoms with Gasteiger partial charge in [-0.3, -0.25) is 4.79 Å². The van der Waals surface area contributed by atoms with Crippen molar-refractivity contribution >= 4 is 29.0 Å². The maximum atomic E-state index is 12.2. The lowest BCUT2D eigenvalue weighted by Crippen LogP contribution is -2.19. The molecule has 1 aliphatic rings. The molecule has 144 valence electrons. The molecule has 0 saturated carbocycles. The molecule has 6 nitrogen and oxygen atoms in total. The Hall–Kier alpha value is -2.86. The third kappa shape index (κ3) is 4.34. The number of rotatable bonds is 6. The molecule has 1 amide bonds. The number of anilines is 2. The van der Waals surface area contributed by atoms with Crippen LogP contribution in [-0.2, 0) is 11.2 Å². The smallest absolute Gasteiger partial charge is 0.224 e. The maximum absolute atomic E-state index is 12.2. The van der Waals surface area contributed by atoms with Crippen LogP contribution in [0.25, 0.3) is 11.3 Å². The number of nitrogens with zero attached hydrogens (tertiary/aromatic N) is 3. The van der Waals surface area contributed by atoms with Gasteiger partial charge in [0, 0.05) is 31.5 Å². The Morgan fingerprint density at radius 3 is 2.68 bits per heavy atom. The van der Waals surface area contributed by atoms with Gasteiger partial charge in [-0.05, 0) is 37.1 Å². The summed E-state index contributed by atoms with van der Waals surface area (Å²) in [6.07, 6.45) is 6.44. The molecular formula is C21H21ClN4O2. The highest BCUT2D eigenvalue weighted by Crippen LogP contribution is 2.28. The van der Waals surface area contributed by atoms with Crippen molar-refractivity contribution in [1.29, 1.82) is 0 Å². The molecule has 1 saturated heterocycles. The van der Waals surface area contributed by atoms with Crippen LogP contribution in [0.2, 0.25) is 5.02 Å². The van der Waals surface area contributed by atoms with Crippen molar-refractivity contribution < 1.29 is 9.21 Å². The molecular weight excluding hydrogens is 376 g/mol. The van der Waals surface area contributed by atoms with Crippen LogP contribution in [0, 0.1) is 0 Å². The van der Waals surface area contributed by atoms with Gasteiger partial charge in [0.1, 0.15) is 5.82 Å². The first-order chi connectivity index (χ1) is 13.7. The number of carbonyl (C=O) groups excluding carboxylic acids is 1. The van der Waals surface area contributed by atoms with Gasteiger partial charge in [-0.15, -0.1) is 0 Å². The topological polar surface area (TPSA) is 71.3 Å². The number of carbonyl (C=O) groups is 1. The molecule has 0 unspecified atom stereocenters. The molecule has 28 heavy (non-hydrogen) atoms. The van der Waals surface area contributed by atoms with Crippen LogP contribution in [0.3, 0.4) is 0 Å². The molecule has 1 fully saturated rings. The van der Waals surface area contributed by atoms with Gasteiger partial charge in [-0.2, -0.15) is 0 Å². The van der Waals surface area contributed by atoms with Crippen LogP contribution >= 0.6 is 11.6 Å². The number of halogens is 1. The van der Waals surface area contributed by atoms with Gasteiger partial charge >= 0.3 is 0 Å². The first-order valence-electron chi connectivity index (χ1n) is 9.39. The summed E-state index contributed by atoms with van der Waals surface area (Å²) >= 11 is 6.18. The van der Waals surface area contributed by atoms with Crippen LogP contribution in [0.5, 0.6) is 0 Å². The minimum atomic E-state index is -0.104. The standard InChI is InChI=1S/C21H21ClN4O2/c22-17-6-2-1-5-16(17)18-14-24-21(28-18)10-9-20(27)25-15-7-8-19(23-13-15)26-11-3-4-12-26/h1-2,5-8,13-14H,3-4,9-12H2,(H,25,27). The van der Waals surface area contributed by atoms with Gasteiger partial charge in [0.2, 0.25) is 5.91 Å². The summed E-state index contributed by atoms with van der Waals surface area (Å²) in [5, 5.41) is 3.47. The second-order valence-electron chi connectivity index (χ2n) is 6.75. The van der Waals surface area contributed by atoms with Crippen molar-refractivity contribution in [1.82, 2.24) is 9.97 Å². The monoisotopic (exact) mass is 396 g/mol. The van der Waals surface area contributed by atoms with E-state index in [0.29, 0.717) is 28.8 Å². The van der Waals surface area contributed by atoms with Crippen molar-refractivity contribution in [3.05, 3.63) is 59.7 Å². The van der Waals surface area contributed by atoms with Crippen molar-refractivity contribution in [2.75, 3.05) is 23.3 Å². The molecule has 0 aliphatic carbocycles. The lowest BCUT2D eigenvalue weighted by Gasteiger charge is -2.16. The summed E-state index contributed by atoms with van der Waals surface area (Å²) in [5.41, 5.74) is 1.48. The fourth-order valence-corrected chi connectivity index (χ4v) is 3.48. The van der Waals surface area contributed by atoms with Crippen LogP contribution in [-0.4, -0.2) is 29.0 Å². The largest absolute Gasteiger partial charge is 0.441 e. The van der Waals surface area contributed by atoms with E-state index in [4.69, 9.17) is 16.0 Å². The zero-order valence-electron chi connectivity index (χ0n) is 15.4. The highest BCUT2D eigenvalue weighted by molar-refractivity contribution is 6.33. The SMILES string of the molecule is O=C(CCc1ncc(-c2ccccc2Cl)o1)Nc1ccc(N2CCCC2)nc1. The quantitative estimate of drug-likeness (QED) is 0.661. The van der Waals surface area contributed by atoms with Gasteiger partial charge < -0.3 is 14.6 Å². The predicted molar refractivity (Wildman–Crippen MR) is 110 cm³/mol. The number of amides is 1. The maximum Gasteiger partial charge on any atom is 0.224 e. The molecule has 7 heteroatoms. The second-order valence-corrected chi connectivity index (χ2v) is 7.15. The van der Waals surface area contributed by atoms with E-state index in [0.717, 1.165) is 24.5 Å². The molecule has 4 rings (SSSR count). The minimum Gasteiger partial charge on any atom is -0.441 e. The molecule has 0 bridgehead atoms. The number of hydrogen-bond donors (Lipinski definition) is 1. The third-order valence-electron chi connectivity index (χ3n) is 4.72. The molecule has 3 heterocycles. The number of pyridine rings is 1. The van der Waals surface area contributed by atoms with Crippen molar-refractivity contribution in [2.45, 2.75) is 25.7 Å². The summed E-state index contributed by atoms with van der Waals surface area (Å²) in [6.45, 7) is 2.09. The van der Waals surface area contributed by atoms with Gasteiger partial charge in [0.05, 0.1) is 23.1 Å². The fourth-order valence-electron chi connectivity index (χ4n) is 3.25. The van der Waals surface area contributed by atoms with Crippen molar-refractivity contribution in [3.8, 4) is 11.3 Å². The number of hydrogen-bond acceptors (Lipinski definition) is 5. The number of aromatic nitrogens is 2. The van der Waals surface area contributed by atoms with Crippen LogP contribution in [0.1, 0.15) is 25.2 Å². The summed E-state index contributed by atoms with van der Waals surface area (Å²) in [4.78, 5) is 23.2. The minimum absolute atomic E-state index is 0.104. The lowest BCUT2D eigenvalue weighted by atomic mass is 10.2. The molecule has 2 aromatic heterocycles. The molecule has 0 spiro atoms. The van der Waals surface area contributed by atoms with E-state index in [1.165, 1.54) is 12.8 Å². The van der Waals surface area contributed by atoms with Gasteiger partial charge in [-0.1, -0.05) is 23.7 Å². The molecule has 1 aromatic carbocycles. The molecule has 1 N–H and O–H groups in total. The zero-order valence-corrected chi connectivity index (χ0v) is 16.2. The van der Waals surface area contributed by atoms with E-state index in [2.05, 4.69) is 20.2 Å². The van der Waals surface area contributed by atoms with E-state index in [1.807, 2.05) is 30.3 Å². The Balaban J connectivity index is 1.30. The first kappa shape index (κ1) is 18.5. The average Bonchev–Trinajstić information content (AvgIpc) is 3.40. The number of nitrogens with one attached hydrogen (secondary N) is 1. The third-order valence-corrected chi connectivity index (χ3v) is 5.05.